The second kappa shape index (κ2) is 4.64. The van der Waals surface area contributed by atoms with Gasteiger partial charge in [-0.05, 0) is 18.6 Å². The lowest BCUT2D eigenvalue weighted by molar-refractivity contribution is -0.119. The summed E-state index contributed by atoms with van der Waals surface area (Å²) >= 11 is 0. The van der Waals surface area contributed by atoms with Crippen LogP contribution in [0, 0.1) is 17.6 Å². The number of para-hydroxylation sites is 1. The van der Waals surface area contributed by atoms with Gasteiger partial charge in [0.05, 0.1) is 17.4 Å². The number of halogens is 2. The molecule has 1 fully saturated rings. The van der Waals surface area contributed by atoms with Gasteiger partial charge in [-0.3, -0.25) is 4.79 Å². The number of sulfone groups is 1. The van der Waals surface area contributed by atoms with Crippen LogP contribution >= 0.6 is 0 Å². The molecule has 1 N–H and O–H groups in total. The maximum atomic E-state index is 13.3. The van der Waals surface area contributed by atoms with Gasteiger partial charge < -0.3 is 5.32 Å². The molecule has 98 valence electrons. The maximum absolute atomic E-state index is 13.3. The molecule has 4 nitrogen and oxygen atoms in total. The zero-order chi connectivity index (χ0) is 13.3. The number of amides is 1. The van der Waals surface area contributed by atoms with E-state index in [0.717, 1.165) is 12.1 Å². The Morgan fingerprint density at radius 2 is 1.89 bits per heavy atom. The topological polar surface area (TPSA) is 63.2 Å². The van der Waals surface area contributed by atoms with E-state index < -0.39 is 39.0 Å². The van der Waals surface area contributed by atoms with Crippen molar-refractivity contribution in [3.8, 4) is 0 Å². The van der Waals surface area contributed by atoms with Gasteiger partial charge in [0.1, 0.15) is 17.3 Å². The second-order valence-corrected chi connectivity index (χ2v) is 6.41. The summed E-state index contributed by atoms with van der Waals surface area (Å²) in [6, 6.07) is 3.22. The minimum Gasteiger partial charge on any atom is -0.321 e. The van der Waals surface area contributed by atoms with Crippen molar-refractivity contribution in [1.29, 1.82) is 0 Å². The van der Waals surface area contributed by atoms with Crippen molar-refractivity contribution in [2.24, 2.45) is 5.92 Å². The monoisotopic (exact) mass is 275 g/mol. The Balaban J connectivity index is 2.13. The highest BCUT2D eigenvalue weighted by atomic mass is 32.2. The van der Waals surface area contributed by atoms with Gasteiger partial charge in [0.15, 0.2) is 9.84 Å². The van der Waals surface area contributed by atoms with Crippen LogP contribution < -0.4 is 5.32 Å². The largest absolute Gasteiger partial charge is 0.321 e. The van der Waals surface area contributed by atoms with Crippen molar-refractivity contribution >= 4 is 21.4 Å². The molecule has 7 heteroatoms. The third kappa shape index (κ3) is 2.66. The molecule has 1 amide bonds. The van der Waals surface area contributed by atoms with E-state index in [0.29, 0.717) is 0 Å². The average Bonchev–Trinajstić information content (AvgIpc) is 2.64. The first kappa shape index (κ1) is 12.9. The zero-order valence-electron chi connectivity index (χ0n) is 9.32. The molecule has 0 spiro atoms. The quantitative estimate of drug-likeness (QED) is 0.886. The standard InChI is InChI=1S/C11H11F2NO3S/c12-8-2-1-3-9(13)10(8)14-11(15)7-4-5-18(16,17)6-7/h1-3,7H,4-6H2,(H,14,15). The fraction of sp³-hybridized carbons (Fsp3) is 0.364. The molecular formula is C11H11F2NO3S. The van der Waals surface area contributed by atoms with Crippen molar-refractivity contribution in [3.05, 3.63) is 29.8 Å². The van der Waals surface area contributed by atoms with Crippen molar-refractivity contribution in [3.63, 3.8) is 0 Å². The SMILES string of the molecule is O=C(Nc1c(F)cccc1F)C1CCS(=O)(=O)C1. The van der Waals surface area contributed by atoms with E-state index in [-0.39, 0.29) is 17.9 Å². The molecular weight excluding hydrogens is 264 g/mol. The van der Waals surface area contributed by atoms with Crippen molar-refractivity contribution in [1.82, 2.24) is 0 Å². The Morgan fingerprint density at radius 1 is 1.28 bits per heavy atom. The molecule has 0 aliphatic carbocycles. The second-order valence-electron chi connectivity index (χ2n) is 4.19. The van der Waals surface area contributed by atoms with Crippen molar-refractivity contribution in [2.45, 2.75) is 6.42 Å². The summed E-state index contributed by atoms with van der Waals surface area (Å²) in [7, 11) is -3.20. The molecule has 1 atom stereocenters. The lowest BCUT2D eigenvalue weighted by Gasteiger charge is -2.10. The highest BCUT2D eigenvalue weighted by Crippen LogP contribution is 2.23. The number of hydrogen-bond donors (Lipinski definition) is 1. The predicted molar refractivity (Wildman–Crippen MR) is 61.7 cm³/mol. The first-order chi connectivity index (χ1) is 8.39. The molecule has 2 rings (SSSR count). The van der Waals surface area contributed by atoms with Gasteiger partial charge in [0.2, 0.25) is 5.91 Å². The van der Waals surface area contributed by atoms with E-state index in [1.807, 2.05) is 0 Å². The van der Waals surface area contributed by atoms with Gasteiger partial charge >= 0.3 is 0 Å². The Kier molecular flexibility index (Phi) is 3.34. The van der Waals surface area contributed by atoms with Gasteiger partial charge in [-0.2, -0.15) is 0 Å². The van der Waals surface area contributed by atoms with E-state index in [4.69, 9.17) is 0 Å². The van der Waals surface area contributed by atoms with Crippen LogP contribution in [0.2, 0.25) is 0 Å². The van der Waals surface area contributed by atoms with Gasteiger partial charge in [-0.25, -0.2) is 17.2 Å². The van der Waals surface area contributed by atoms with Gasteiger partial charge in [0.25, 0.3) is 0 Å². The number of hydrogen-bond acceptors (Lipinski definition) is 3. The third-order valence-electron chi connectivity index (χ3n) is 2.81. The van der Waals surface area contributed by atoms with Crippen LogP contribution in [0.1, 0.15) is 6.42 Å². The first-order valence-corrected chi connectivity index (χ1v) is 7.16. The summed E-state index contributed by atoms with van der Waals surface area (Å²) in [6.07, 6.45) is 0.185. The number of rotatable bonds is 2. The molecule has 18 heavy (non-hydrogen) atoms. The molecule has 1 aliphatic rings. The van der Waals surface area contributed by atoms with E-state index in [1.54, 1.807) is 0 Å². The van der Waals surface area contributed by atoms with Crippen LogP contribution in [-0.2, 0) is 14.6 Å². The minimum absolute atomic E-state index is 0.0646. The molecule has 0 radical (unpaired) electrons. The summed E-state index contributed by atoms with van der Waals surface area (Å²) in [4.78, 5) is 11.7. The maximum Gasteiger partial charge on any atom is 0.228 e. The van der Waals surface area contributed by atoms with Crippen LogP contribution in [0.5, 0.6) is 0 Å². The average molecular weight is 275 g/mol. The number of carbonyl (C=O) groups is 1. The number of benzene rings is 1. The highest BCUT2D eigenvalue weighted by molar-refractivity contribution is 7.91. The van der Waals surface area contributed by atoms with Crippen LogP contribution in [-0.4, -0.2) is 25.8 Å². The van der Waals surface area contributed by atoms with E-state index in [1.165, 1.54) is 6.07 Å². The first-order valence-electron chi connectivity index (χ1n) is 5.34. The van der Waals surface area contributed by atoms with Crippen LogP contribution in [0.25, 0.3) is 0 Å². The van der Waals surface area contributed by atoms with Crippen molar-refractivity contribution < 1.29 is 22.0 Å². The zero-order valence-corrected chi connectivity index (χ0v) is 10.1. The van der Waals surface area contributed by atoms with Crippen LogP contribution in [0.15, 0.2) is 18.2 Å². The molecule has 1 saturated heterocycles. The fourth-order valence-electron chi connectivity index (χ4n) is 1.84. The van der Waals surface area contributed by atoms with E-state index >= 15 is 0 Å². The summed E-state index contributed by atoms with van der Waals surface area (Å²) in [5.74, 6) is -3.51. The lowest BCUT2D eigenvalue weighted by Crippen LogP contribution is -2.24. The molecule has 1 unspecified atom stereocenters. The Bertz CT molecular complexity index is 566. The molecule has 1 aromatic carbocycles. The predicted octanol–water partition coefficient (Wildman–Crippen LogP) is 1.34. The summed E-state index contributed by atoms with van der Waals surface area (Å²) in [5.41, 5.74) is -0.535. The molecule has 0 bridgehead atoms. The van der Waals surface area contributed by atoms with Gasteiger partial charge in [0, 0.05) is 0 Å². The van der Waals surface area contributed by atoms with Crippen molar-refractivity contribution in [2.75, 3.05) is 16.8 Å². The number of nitrogens with one attached hydrogen (secondary N) is 1. The van der Waals surface area contributed by atoms with E-state index in [2.05, 4.69) is 5.32 Å². The molecule has 0 saturated carbocycles. The lowest BCUT2D eigenvalue weighted by atomic mass is 10.1. The summed E-state index contributed by atoms with van der Waals surface area (Å²) in [5, 5.41) is 2.10. The number of anilines is 1. The summed E-state index contributed by atoms with van der Waals surface area (Å²) < 4.78 is 49.0. The molecule has 0 aromatic heterocycles. The Hall–Kier alpha value is -1.50. The minimum atomic E-state index is -3.20. The molecule has 1 heterocycles. The smallest absolute Gasteiger partial charge is 0.228 e. The Labute approximate surface area is 103 Å². The highest BCUT2D eigenvalue weighted by Gasteiger charge is 2.33. The van der Waals surface area contributed by atoms with Crippen LogP contribution in [0.4, 0.5) is 14.5 Å². The van der Waals surface area contributed by atoms with Gasteiger partial charge in [-0.15, -0.1) is 0 Å². The Morgan fingerprint density at radius 3 is 2.39 bits per heavy atom. The summed E-state index contributed by atoms with van der Waals surface area (Å²) in [6.45, 7) is 0. The number of carbonyl (C=O) groups excluding carboxylic acids is 1. The van der Waals surface area contributed by atoms with Gasteiger partial charge in [-0.1, -0.05) is 6.07 Å². The molecule has 1 aromatic rings. The van der Waals surface area contributed by atoms with E-state index in [9.17, 15) is 22.0 Å². The molecule has 1 aliphatic heterocycles. The van der Waals surface area contributed by atoms with Crippen LogP contribution in [0.3, 0.4) is 0 Å². The fourth-order valence-corrected chi connectivity index (χ4v) is 3.59. The normalized spacial score (nSPS) is 21.8. The third-order valence-corrected chi connectivity index (χ3v) is 4.58.